The van der Waals surface area contributed by atoms with Crippen molar-refractivity contribution in [3.8, 4) is 11.5 Å². The lowest BCUT2D eigenvalue weighted by atomic mass is 9.78. The van der Waals surface area contributed by atoms with Gasteiger partial charge in [-0.05, 0) is 115 Å². The predicted octanol–water partition coefficient (Wildman–Crippen LogP) is 10.3. The zero-order valence-electron chi connectivity index (χ0n) is 32.7. The molecule has 0 spiro atoms. The number of anilines is 2. The number of benzene rings is 5. The van der Waals surface area contributed by atoms with Crippen LogP contribution in [0.1, 0.15) is 114 Å². The molecule has 0 saturated carbocycles. The molecule has 0 atom stereocenters. The Labute approximate surface area is 323 Å². The molecule has 9 nitrogen and oxygen atoms in total. The van der Waals surface area contributed by atoms with Gasteiger partial charge in [0.15, 0.2) is 0 Å². The van der Waals surface area contributed by atoms with E-state index < -0.39 is 17.8 Å². The minimum atomic E-state index is -1.21. The van der Waals surface area contributed by atoms with E-state index in [1.165, 1.54) is 12.1 Å². The second-order valence-corrected chi connectivity index (χ2v) is 16.3. The number of ether oxygens (including phenoxy) is 2. The van der Waals surface area contributed by atoms with Crippen LogP contribution in [0.15, 0.2) is 109 Å². The van der Waals surface area contributed by atoms with Gasteiger partial charge in [0.2, 0.25) is 0 Å². The number of carbonyl (C=O) groups excluding carboxylic acids is 1. The summed E-state index contributed by atoms with van der Waals surface area (Å²) in [5.74, 6) is -1.38. The second-order valence-electron chi connectivity index (χ2n) is 16.3. The Morgan fingerprint density at radius 3 is 1.55 bits per heavy atom. The standard InChI is InChI=1S/C46H50N2O7/c1-44(2,3)40-23-13-30(25-39(40)43(52)53)28-55-36-20-16-32(17-21-36)46(7,8)31-14-18-35(19-15-31)54-27-29-12-22-37(38(24-29)42(50)51)41(49)47-33-10-9-11-34(26-33)48-45(4,5)6/h9-26,48H,27-28H2,1-8H3,(H,47,49)(H,50,51)(H,52,53). The highest BCUT2D eigenvalue weighted by molar-refractivity contribution is 6.10. The molecule has 286 valence electrons. The molecule has 9 heteroatoms. The Balaban J connectivity index is 1.19. The summed E-state index contributed by atoms with van der Waals surface area (Å²) in [5.41, 5.74) is 5.15. The highest BCUT2D eigenvalue weighted by Crippen LogP contribution is 2.34. The van der Waals surface area contributed by atoms with E-state index in [4.69, 9.17) is 9.47 Å². The topological polar surface area (TPSA) is 134 Å². The number of hydrogen-bond acceptors (Lipinski definition) is 6. The smallest absolute Gasteiger partial charge is 0.336 e. The summed E-state index contributed by atoms with van der Waals surface area (Å²) >= 11 is 0. The molecule has 5 aromatic carbocycles. The molecular formula is C46H50N2O7. The molecule has 0 heterocycles. The maximum Gasteiger partial charge on any atom is 0.336 e. The van der Waals surface area contributed by atoms with Crippen molar-refractivity contribution in [2.75, 3.05) is 10.6 Å². The van der Waals surface area contributed by atoms with Gasteiger partial charge < -0.3 is 30.3 Å². The molecule has 0 fully saturated rings. The molecule has 0 saturated heterocycles. The lowest BCUT2D eigenvalue weighted by Crippen LogP contribution is -2.26. The van der Waals surface area contributed by atoms with Gasteiger partial charge in [-0.15, -0.1) is 0 Å². The van der Waals surface area contributed by atoms with Crippen LogP contribution < -0.4 is 20.1 Å². The van der Waals surface area contributed by atoms with Crippen LogP contribution in [0, 0.1) is 0 Å². The number of nitrogens with one attached hydrogen (secondary N) is 2. The first-order valence-corrected chi connectivity index (χ1v) is 18.2. The highest BCUT2D eigenvalue weighted by Gasteiger charge is 2.24. The average molecular weight is 743 g/mol. The molecule has 1 amide bonds. The van der Waals surface area contributed by atoms with Gasteiger partial charge in [0.25, 0.3) is 5.91 Å². The molecule has 55 heavy (non-hydrogen) atoms. The van der Waals surface area contributed by atoms with Crippen LogP contribution in [0.2, 0.25) is 0 Å². The van der Waals surface area contributed by atoms with E-state index in [-0.39, 0.29) is 46.3 Å². The van der Waals surface area contributed by atoms with Crippen molar-refractivity contribution in [1.29, 1.82) is 0 Å². The Hall–Kier alpha value is -6.09. The van der Waals surface area contributed by atoms with Crippen molar-refractivity contribution in [1.82, 2.24) is 0 Å². The number of rotatable bonds is 13. The SMILES string of the molecule is CC(C)(C)Nc1cccc(NC(=O)c2ccc(COc3ccc(C(C)(C)c4ccc(OCc5ccc(C(C)(C)C)c(C(=O)O)c5)cc4)cc3)cc2C(=O)O)c1. The second kappa shape index (κ2) is 16.1. The molecule has 0 radical (unpaired) electrons. The van der Waals surface area contributed by atoms with Gasteiger partial charge in [-0.1, -0.05) is 83.1 Å². The number of carbonyl (C=O) groups is 3. The zero-order valence-corrected chi connectivity index (χ0v) is 32.7. The van der Waals surface area contributed by atoms with Gasteiger partial charge in [0.05, 0.1) is 16.7 Å². The van der Waals surface area contributed by atoms with Crippen molar-refractivity contribution in [3.05, 3.63) is 154 Å². The summed E-state index contributed by atoms with van der Waals surface area (Å²) in [5, 5.41) is 25.9. The van der Waals surface area contributed by atoms with E-state index in [0.717, 1.165) is 27.9 Å². The van der Waals surface area contributed by atoms with Crippen LogP contribution in [0.4, 0.5) is 11.4 Å². The summed E-state index contributed by atoms with van der Waals surface area (Å²) in [4.78, 5) is 37.3. The molecule has 5 aromatic rings. The lowest BCUT2D eigenvalue weighted by molar-refractivity contribution is 0.0683. The summed E-state index contributed by atoms with van der Waals surface area (Å²) < 4.78 is 12.0. The third-order valence-electron chi connectivity index (χ3n) is 9.28. The quantitative estimate of drug-likeness (QED) is 0.0937. The van der Waals surface area contributed by atoms with E-state index in [1.807, 2.05) is 114 Å². The van der Waals surface area contributed by atoms with Gasteiger partial charge >= 0.3 is 11.9 Å². The van der Waals surface area contributed by atoms with E-state index in [0.29, 0.717) is 22.7 Å². The minimum Gasteiger partial charge on any atom is -0.489 e. The predicted molar refractivity (Wildman–Crippen MR) is 217 cm³/mol. The van der Waals surface area contributed by atoms with Crippen molar-refractivity contribution >= 4 is 29.2 Å². The fraction of sp³-hybridized carbons (Fsp3) is 0.283. The third kappa shape index (κ3) is 10.3. The Morgan fingerprint density at radius 2 is 1.05 bits per heavy atom. The lowest BCUT2D eigenvalue weighted by Gasteiger charge is -2.26. The first-order chi connectivity index (χ1) is 25.8. The molecule has 0 unspecified atom stereocenters. The van der Waals surface area contributed by atoms with Crippen LogP contribution in [-0.4, -0.2) is 33.6 Å². The Morgan fingerprint density at radius 1 is 0.564 bits per heavy atom. The number of carboxylic acid groups (broad SMARTS) is 2. The van der Waals surface area contributed by atoms with Crippen LogP contribution in [0.5, 0.6) is 11.5 Å². The van der Waals surface area contributed by atoms with Gasteiger partial charge in [-0.25, -0.2) is 9.59 Å². The van der Waals surface area contributed by atoms with Crippen LogP contribution in [0.25, 0.3) is 0 Å². The summed E-state index contributed by atoms with van der Waals surface area (Å²) in [7, 11) is 0. The van der Waals surface area contributed by atoms with Gasteiger partial charge in [-0.3, -0.25) is 4.79 Å². The monoisotopic (exact) mass is 742 g/mol. The fourth-order valence-electron chi connectivity index (χ4n) is 6.31. The number of amides is 1. The van der Waals surface area contributed by atoms with Crippen LogP contribution in [-0.2, 0) is 24.0 Å². The Kier molecular flexibility index (Phi) is 11.7. The number of aromatic carboxylic acids is 2. The summed E-state index contributed by atoms with van der Waals surface area (Å²) in [6.45, 7) is 16.7. The molecule has 0 aromatic heterocycles. The first kappa shape index (κ1) is 40.1. The first-order valence-electron chi connectivity index (χ1n) is 18.2. The minimum absolute atomic E-state index is 0.0526. The maximum atomic E-state index is 13.2. The zero-order chi connectivity index (χ0) is 40.1. The molecule has 5 rings (SSSR count). The molecular weight excluding hydrogens is 693 g/mol. The molecule has 0 bridgehead atoms. The molecule has 0 aliphatic carbocycles. The van der Waals surface area contributed by atoms with Crippen LogP contribution >= 0.6 is 0 Å². The summed E-state index contributed by atoms with van der Waals surface area (Å²) in [6, 6.07) is 33.1. The third-order valence-corrected chi connectivity index (χ3v) is 9.28. The number of carboxylic acids is 2. The number of hydrogen-bond donors (Lipinski definition) is 4. The van der Waals surface area contributed by atoms with Crippen molar-refractivity contribution < 1.29 is 34.1 Å². The Bertz CT molecular complexity index is 2170. The largest absolute Gasteiger partial charge is 0.489 e. The van der Waals surface area contributed by atoms with Gasteiger partial charge in [0.1, 0.15) is 24.7 Å². The van der Waals surface area contributed by atoms with E-state index in [2.05, 4.69) is 24.5 Å². The molecule has 0 aliphatic rings. The van der Waals surface area contributed by atoms with E-state index in [9.17, 15) is 24.6 Å². The van der Waals surface area contributed by atoms with Gasteiger partial charge in [-0.2, -0.15) is 0 Å². The van der Waals surface area contributed by atoms with Crippen molar-refractivity contribution in [2.45, 2.75) is 85.0 Å². The maximum absolute atomic E-state index is 13.2. The normalized spacial score (nSPS) is 11.8. The van der Waals surface area contributed by atoms with Crippen LogP contribution in [0.3, 0.4) is 0 Å². The van der Waals surface area contributed by atoms with Crippen molar-refractivity contribution in [3.63, 3.8) is 0 Å². The van der Waals surface area contributed by atoms with Crippen molar-refractivity contribution in [2.24, 2.45) is 0 Å². The van der Waals surface area contributed by atoms with E-state index >= 15 is 0 Å². The molecule has 0 aliphatic heterocycles. The molecule has 4 N–H and O–H groups in total. The summed E-state index contributed by atoms with van der Waals surface area (Å²) in [6.07, 6.45) is 0. The average Bonchev–Trinajstić information content (AvgIpc) is 3.12. The van der Waals surface area contributed by atoms with Gasteiger partial charge in [0, 0.05) is 22.3 Å². The highest BCUT2D eigenvalue weighted by atomic mass is 16.5. The van der Waals surface area contributed by atoms with E-state index in [1.54, 1.807) is 24.3 Å². The fourth-order valence-corrected chi connectivity index (χ4v) is 6.31.